The average molecular weight is 513 g/mol. The minimum absolute atomic E-state index is 0.0595. The molecule has 0 fully saturated rings. The number of nitrogens with zero attached hydrogens (tertiary/aromatic N) is 3. The van der Waals surface area contributed by atoms with E-state index in [2.05, 4.69) is 25.6 Å². The summed E-state index contributed by atoms with van der Waals surface area (Å²) in [5, 5.41) is 6.44. The van der Waals surface area contributed by atoms with Gasteiger partial charge in [-0.2, -0.15) is 0 Å². The predicted octanol–water partition coefficient (Wildman–Crippen LogP) is 3.95. The Morgan fingerprint density at radius 2 is 1.97 bits per heavy atom. The van der Waals surface area contributed by atoms with E-state index < -0.39 is 27.2 Å². The molecule has 2 aromatic carbocycles. The molecule has 0 saturated carbocycles. The summed E-state index contributed by atoms with van der Waals surface area (Å²) in [5.41, 5.74) is 8.96. The summed E-state index contributed by atoms with van der Waals surface area (Å²) < 4.78 is 58.2. The monoisotopic (exact) mass is 512 g/mol. The molecule has 36 heavy (non-hydrogen) atoms. The van der Waals surface area contributed by atoms with Crippen LogP contribution in [0, 0.1) is 18.6 Å². The van der Waals surface area contributed by atoms with Crippen molar-refractivity contribution < 1.29 is 21.9 Å². The Labute approximate surface area is 205 Å². The van der Waals surface area contributed by atoms with E-state index in [1.54, 1.807) is 6.07 Å². The van der Waals surface area contributed by atoms with Crippen molar-refractivity contribution >= 4 is 43.8 Å². The SMILES string of the molecule is Cc1c(-c2cc3nc(Nc4ccc(CS(C)(=O)=O)c(F)c4)ncc3c(N)c2F)cnc2c1NCCO2. The molecular formula is C24H22F2N6O3S. The number of fused-ring (bicyclic) bond motifs is 2. The summed E-state index contributed by atoms with van der Waals surface area (Å²) in [6.07, 6.45) is 3.96. The molecule has 4 aromatic rings. The molecule has 1 aliphatic rings. The molecule has 0 atom stereocenters. The Kier molecular flexibility index (Phi) is 5.83. The number of nitrogen functional groups attached to an aromatic ring is 1. The van der Waals surface area contributed by atoms with Gasteiger partial charge in [-0.05, 0) is 30.7 Å². The lowest BCUT2D eigenvalue weighted by Gasteiger charge is -2.22. The van der Waals surface area contributed by atoms with E-state index in [1.165, 1.54) is 24.5 Å². The molecule has 4 N–H and O–H groups in total. The van der Waals surface area contributed by atoms with Gasteiger partial charge in [-0.15, -0.1) is 0 Å². The summed E-state index contributed by atoms with van der Waals surface area (Å²) in [6.45, 7) is 2.94. The lowest BCUT2D eigenvalue weighted by molar-refractivity contribution is 0.310. The van der Waals surface area contributed by atoms with Gasteiger partial charge in [0.25, 0.3) is 0 Å². The fourth-order valence-corrected chi connectivity index (χ4v) is 4.88. The number of benzene rings is 2. The molecule has 0 radical (unpaired) electrons. The van der Waals surface area contributed by atoms with Gasteiger partial charge in [0.05, 0.1) is 17.0 Å². The number of anilines is 4. The van der Waals surface area contributed by atoms with Crippen LogP contribution < -0.4 is 21.1 Å². The molecule has 0 spiro atoms. The number of halogens is 2. The van der Waals surface area contributed by atoms with Crippen molar-refractivity contribution in [2.24, 2.45) is 0 Å². The van der Waals surface area contributed by atoms with Gasteiger partial charge in [0.1, 0.15) is 18.1 Å². The second-order valence-corrected chi connectivity index (χ2v) is 10.7. The minimum atomic E-state index is -3.38. The van der Waals surface area contributed by atoms with Crippen molar-refractivity contribution in [1.29, 1.82) is 0 Å². The van der Waals surface area contributed by atoms with Crippen molar-refractivity contribution in [1.82, 2.24) is 15.0 Å². The number of aromatic nitrogens is 3. The second-order valence-electron chi connectivity index (χ2n) is 8.53. The first-order valence-corrected chi connectivity index (χ1v) is 13.0. The van der Waals surface area contributed by atoms with Crippen molar-refractivity contribution in [3.8, 4) is 17.0 Å². The highest BCUT2D eigenvalue weighted by atomic mass is 32.2. The first-order valence-electron chi connectivity index (χ1n) is 11.0. The highest BCUT2D eigenvalue weighted by molar-refractivity contribution is 7.89. The number of sulfone groups is 1. The Hall–Kier alpha value is -4.06. The van der Waals surface area contributed by atoms with Crippen LogP contribution in [0.4, 0.5) is 31.8 Å². The molecule has 0 unspecified atom stereocenters. The maximum atomic E-state index is 15.3. The number of pyridine rings is 1. The molecule has 1 aliphatic heterocycles. The Morgan fingerprint density at radius 3 is 2.72 bits per heavy atom. The van der Waals surface area contributed by atoms with E-state index in [4.69, 9.17) is 10.5 Å². The number of rotatable bonds is 5. The van der Waals surface area contributed by atoms with Gasteiger partial charge in [-0.3, -0.25) is 0 Å². The minimum Gasteiger partial charge on any atom is -0.474 e. The standard InChI is InChI=1S/C24H22F2N6O3S/c1-12-16(9-29-23-22(12)28-5-6-35-23)15-8-19-17(21(27)20(15)26)10-30-24(32-19)31-14-4-3-13(18(25)7-14)11-36(2,33)34/h3-4,7-10,28H,5-6,11,27H2,1-2H3,(H,30,31,32). The van der Waals surface area contributed by atoms with Crippen LogP contribution in [0.3, 0.4) is 0 Å². The van der Waals surface area contributed by atoms with Gasteiger partial charge in [-0.1, -0.05) is 6.07 Å². The third-order valence-electron chi connectivity index (χ3n) is 5.83. The third kappa shape index (κ3) is 4.47. The van der Waals surface area contributed by atoms with Gasteiger partial charge >= 0.3 is 0 Å². The van der Waals surface area contributed by atoms with Crippen LogP contribution >= 0.6 is 0 Å². The summed E-state index contributed by atoms with van der Waals surface area (Å²) in [4.78, 5) is 12.9. The number of hydrogen-bond donors (Lipinski definition) is 3. The van der Waals surface area contributed by atoms with Gasteiger partial charge in [0, 0.05) is 53.0 Å². The van der Waals surface area contributed by atoms with Gasteiger partial charge in [0.2, 0.25) is 11.8 Å². The largest absolute Gasteiger partial charge is 0.474 e. The third-order valence-corrected chi connectivity index (χ3v) is 6.66. The second kappa shape index (κ2) is 8.86. The van der Waals surface area contributed by atoms with E-state index in [1.807, 2.05) is 6.92 Å². The first-order chi connectivity index (χ1) is 17.1. The summed E-state index contributed by atoms with van der Waals surface area (Å²) in [7, 11) is -3.38. The molecule has 3 heterocycles. The zero-order valence-electron chi connectivity index (χ0n) is 19.4. The lowest BCUT2D eigenvalue weighted by atomic mass is 9.98. The van der Waals surface area contributed by atoms with Crippen molar-refractivity contribution in [2.45, 2.75) is 12.7 Å². The van der Waals surface area contributed by atoms with Crippen LogP contribution in [-0.2, 0) is 15.6 Å². The van der Waals surface area contributed by atoms with Gasteiger partial charge in [-0.25, -0.2) is 32.2 Å². The molecule has 12 heteroatoms. The molecule has 186 valence electrons. The zero-order chi connectivity index (χ0) is 25.6. The summed E-state index contributed by atoms with van der Waals surface area (Å²) in [5.74, 6) is -1.10. The van der Waals surface area contributed by atoms with Gasteiger partial charge < -0.3 is 21.1 Å². The maximum Gasteiger partial charge on any atom is 0.237 e. The fraction of sp³-hybridized carbons (Fsp3) is 0.208. The van der Waals surface area contributed by atoms with Gasteiger partial charge in [0.15, 0.2) is 15.7 Å². The number of ether oxygens (including phenoxy) is 1. The quantitative estimate of drug-likeness (QED) is 0.340. The number of hydrogen-bond acceptors (Lipinski definition) is 9. The van der Waals surface area contributed by atoms with E-state index >= 15 is 4.39 Å². The topological polar surface area (TPSA) is 132 Å². The Balaban J connectivity index is 1.52. The van der Waals surface area contributed by atoms with Crippen LogP contribution in [0.25, 0.3) is 22.0 Å². The Morgan fingerprint density at radius 1 is 1.17 bits per heavy atom. The molecular weight excluding hydrogens is 490 g/mol. The van der Waals surface area contributed by atoms with Crippen LogP contribution in [0.15, 0.2) is 36.7 Å². The maximum absolute atomic E-state index is 15.3. The average Bonchev–Trinajstić information content (AvgIpc) is 2.83. The Bertz CT molecular complexity index is 1630. The fourth-order valence-electron chi connectivity index (χ4n) is 4.08. The summed E-state index contributed by atoms with van der Waals surface area (Å²) >= 11 is 0. The number of nitrogens with two attached hydrogens (primary N) is 1. The first kappa shape index (κ1) is 23.7. The molecule has 9 nitrogen and oxygen atoms in total. The van der Waals surface area contributed by atoms with E-state index in [0.29, 0.717) is 46.9 Å². The van der Waals surface area contributed by atoms with Crippen molar-refractivity contribution in [3.63, 3.8) is 0 Å². The molecule has 0 amide bonds. The van der Waals surface area contributed by atoms with E-state index in [-0.39, 0.29) is 22.8 Å². The number of nitrogens with one attached hydrogen (secondary N) is 2. The lowest BCUT2D eigenvalue weighted by Crippen LogP contribution is -2.20. The molecule has 0 bridgehead atoms. The molecule has 2 aromatic heterocycles. The van der Waals surface area contributed by atoms with Crippen LogP contribution in [0.2, 0.25) is 0 Å². The highest BCUT2D eigenvalue weighted by Gasteiger charge is 2.21. The summed E-state index contributed by atoms with van der Waals surface area (Å²) in [6, 6.07) is 5.63. The van der Waals surface area contributed by atoms with Crippen LogP contribution in [0.1, 0.15) is 11.1 Å². The highest BCUT2D eigenvalue weighted by Crippen LogP contribution is 2.39. The van der Waals surface area contributed by atoms with Crippen LogP contribution in [-0.4, -0.2) is 42.8 Å². The van der Waals surface area contributed by atoms with Crippen molar-refractivity contribution in [3.05, 3.63) is 59.4 Å². The molecule has 5 rings (SSSR count). The van der Waals surface area contributed by atoms with E-state index in [0.717, 1.165) is 17.9 Å². The van der Waals surface area contributed by atoms with Crippen molar-refractivity contribution in [2.75, 3.05) is 35.8 Å². The predicted molar refractivity (Wildman–Crippen MR) is 134 cm³/mol. The van der Waals surface area contributed by atoms with E-state index in [9.17, 15) is 12.8 Å². The molecule has 0 saturated heterocycles. The van der Waals surface area contributed by atoms with Crippen LogP contribution in [0.5, 0.6) is 5.88 Å². The molecule has 0 aliphatic carbocycles. The zero-order valence-corrected chi connectivity index (χ0v) is 20.2. The normalized spacial score (nSPS) is 13.1. The smallest absolute Gasteiger partial charge is 0.237 e.